The van der Waals surface area contributed by atoms with E-state index in [1.165, 1.54) is 7.11 Å². The summed E-state index contributed by atoms with van der Waals surface area (Å²) in [6.07, 6.45) is -0.965. The number of carbonyl (C=O) groups is 3. The van der Waals surface area contributed by atoms with Crippen LogP contribution >= 0.6 is 0 Å². The highest BCUT2D eigenvalue weighted by molar-refractivity contribution is 5.81. The first kappa shape index (κ1) is 15.2. The SMILES string of the molecule is CCOC(=O)NC(CCC(=O)NOC)C(=O)O. The molecule has 8 nitrogen and oxygen atoms in total. The number of carboxylic acids is 1. The molecule has 98 valence electrons. The Hall–Kier alpha value is -1.83. The molecule has 8 heteroatoms. The van der Waals surface area contributed by atoms with E-state index in [1.807, 2.05) is 5.48 Å². The van der Waals surface area contributed by atoms with E-state index < -0.39 is 24.0 Å². The van der Waals surface area contributed by atoms with Gasteiger partial charge in [-0.1, -0.05) is 0 Å². The van der Waals surface area contributed by atoms with E-state index >= 15 is 0 Å². The third-order valence-electron chi connectivity index (χ3n) is 1.74. The van der Waals surface area contributed by atoms with Gasteiger partial charge in [0, 0.05) is 6.42 Å². The number of alkyl carbamates (subject to hydrolysis) is 1. The molecule has 0 rings (SSSR count). The maximum atomic E-state index is 11.0. The van der Waals surface area contributed by atoms with Crippen molar-refractivity contribution >= 4 is 18.0 Å². The van der Waals surface area contributed by atoms with Crippen LogP contribution in [0.25, 0.3) is 0 Å². The fourth-order valence-corrected chi connectivity index (χ4v) is 1.01. The molecule has 0 saturated heterocycles. The molecule has 0 aliphatic rings. The van der Waals surface area contributed by atoms with Crippen molar-refractivity contribution in [1.82, 2.24) is 10.8 Å². The minimum absolute atomic E-state index is 0.0522. The van der Waals surface area contributed by atoms with Crippen LogP contribution < -0.4 is 10.8 Å². The molecule has 0 spiro atoms. The van der Waals surface area contributed by atoms with Gasteiger partial charge in [-0.2, -0.15) is 0 Å². The number of aliphatic carboxylic acids is 1. The zero-order chi connectivity index (χ0) is 13.3. The van der Waals surface area contributed by atoms with Gasteiger partial charge in [0.15, 0.2) is 0 Å². The van der Waals surface area contributed by atoms with E-state index in [0.29, 0.717) is 0 Å². The Labute approximate surface area is 98.2 Å². The van der Waals surface area contributed by atoms with E-state index in [9.17, 15) is 14.4 Å². The third-order valence-corrected chi connectivity index (χ3v) is 1.74. The molecular weight excluding hydrogens is 232 g/mol. The molecule has 0 fully saturated rings. The number of rotatable bonds is 7. The van der Waals surface area contributed by atoms with Gasteiger partial charge in [-0.05, 0) is 13.3 Å². The highest BCUT2D eigenvalue weighted by Crippen LogP contribution is 1.99. The number of hydrogen-bond donors (Lipinski definition) is 3. The highest BCUT2D eigenvalue weighted by atomic mass is 16.6. The largest absolute Gasteiger partial charge is 0.480 e. The van der Waals surface area contributed by atoms with Crippen molar-refractivity contribution in [1.29, 1.82) is 0 Å². The van der Waals surface area contributed by atoms with Gasteiger partial charge in [0.2, 0.25) is 5.91 Å². The van der Waals surface area contributed by atoms with Crippen LogP contribution in [0, 0.1) is 0 Å². The van der Waals surface area contributed by atoms with Crippen LogP contribution in [0.2, 0.25) is 0 Å². The fraction of sp³-hybridized carbons (Fsp3) is 0.667. The summed E-state index contributed by atoms with van der Waals surface area (Å²) in [5.74, 6) is -1.70. The first-order valence-electron chi connectivity index (χ1n) is 4.99. The smallest absolute Gasteiger partial charge is 0.407 e. The van der Waals surface area contributed by atoms with Crippen LogP contribution in [0.15, 0.2) is 0 Å². The second-order valence-corrected chi connectivity index (χ2v) is 3.02. The Bertz CT molecular complexity index is 281. The van der Waals surface area contributed by atoms with Gasteiger partial charge in [-0.15, -0.1) is 0 Å². The Morgan fingerprint density at radius 2 is 2.00 bits per heavy atom. The summed E-state index contributed by atoms with van der Waals surface area (Å²) in [6, 6.07) is -1.17. The molecule has 0 aromatic carbocycles. The van der Waals surface area contributed by atoms with Crippen LogP contribution in [0.1, 0.15) is 19.8 Å². The highest BCUT2D eigenvalue weighted by Gasteiger charge is 2.21. The summed E-state index contributed by atoms with van der Waals surface area (Å²) in [5, 5.41) is 10.9. The molecule has 1 unspecified atom stereocenters. The quantitative estimate of drug-likeness (QED) is 0.530. The predicted octanol–water partition coefficient (Wildman–Crippen LogP) is -0.356. The lowest BCUT2D eigenvalue weighted by Crippen LogP contribution is -2.41. The van der Waals surface area contributed by atoms with Gasteiger partial charge in [-0.3, -0.25) is 9.63 Å². The van der Waals surface area contributed by atoms with E-state index in [1.54, 1.807) is 6.92 Å². The van der Waals surface area contributed by atoms with Crippen molar-refractivity contribution in [3.8, 4) is 0 Å². The summed E-state index contributed by atoms with van der Waals surface area (Å²) in [6.45, 7) is 1.74. The van der Waals surface area contributed by atoms with Gasteiger partial charge in [0.05, 0.1) is 13.7 Å². The molecule has 0 aliphatic carbocycles. The number of hydroxylamine groups is 1. The van der Waals surface area contributed by atoms with Crippen molar-refractivity contribution in [2.75, 3.05) is 13.7 Å². The second-order valence-electron chi connectivity index (χ2n) is 3.02. The zero-order valence-electron chi connectivity index (χ0n) is 9.69. The van der Waals surface area contributed by atoms with Crippen molar-refractivity contribution in [3.05, 3.63) is 0 Å². The molecule has 3 N–H and O–H groups in total. The van der Waals surface area contributed by atoms with Crippen molar-refractivity contribution in [3.63, 3.8) is 0 Å². The molecule has 0 aromatic rings. The average molecular weight is 248 g/mol. The average Bonchev–Trinajstić information content (AvgIpc) is 2.24. The Morgan fingerprint density at radius 3 is 2.47 bits per heavy atom. The molecule has 0 saturated carbocycles. The van der Waals surface area contributed by atoms with Gasteiger partial charge >= 0.3 is 12.1 Å². The monoisotopic (exact) mass is 248 g/mol. The van der Waals surface area contributed by atoms with E-state index in [0.717, 1.165) is 0 Å². The molecular formula is C9H16N2O6. The molecule has 0 radical (unpaired) electrons. The lowest BCUT2D eigenvalue weighted by atomic mass is 10.1. The molecule has 0 bridgehead atoms. The number of carboxylic acid groups (broad SMARTS) is 1. The molecule has 0 aromatic heterocycles. The molecule has 0 aliphatic heterocycles. The van der Waals surface area contributed by atoms with Crippen LogP contribution in [-0.4, -0.2) is 42.8 Å². The number of amides is 2. The number of nitrogens with one attached hydrogen (secondary N) is 2. The minimum Gasteiger partial charge on any atom is -0.480 e. The van der Waals surface area contributed by atoms with E-state index in [-0.39, 0.29) is 19.4 Å². The van der Waals surface area contributed by atoms with Gasteiger partial charge < -0.3 is 15.2 Å². The topological polar surface area (TPSA) is 114 Å². The zero-order valence-corrected chi connectivity index (χ0v) is 9.69. The lowest BCUT2D eigenvalue weighted by molar-refractivity contribution is -0.139. The molecule has 2 amide bonds. The van der Waals surface area contributed by atoms with Crippen LogP contribution in [0.5, 0.6) is 0 Å². The van der Waals surface area contributed by atoms with E-state index in [4.69, 9.17) is 5.11 Å². The molecule has 17 heavy (non-hydrogen) atoms. The molecule has 0 heterocycles. The van der Waals surface area contributed by atoms with Crippen LogP contribution in [0.4, 0.5) is 4.79 Å². The summed E-state index contributed by atoms with van der Waals surface area (Å²) < 4.78 is 4.54. The van der Waals surface area contributed by atoms with Crippen LogP contribution in [0.3, 0.4) is 0 Å². The van der Waals surface area contributed by atoms with Crippen LogP contribution in [-0.2, 0) is 19.2 Å². The number of carbonyl (C=O) groups excluding carboxylic acids is 2. The van der Waals surface area contributed by atoms with Crippen molar-refractivity contribution in [2.24, 2.45) is 0 Å². The van der Waals surface area contributed by atoms with Crippen molar-refractivity contribution < 1.29 is 29.1 Å². The maximum absolute atomic E-state index is 11.0. The Morgan fingerprint density at radius 1 is 1.35 bits per heavy atom. The fourth-order valence-electron chi connectivity index (χ4n) is 1.01. The predicted molar refractivity (Wildman–Crippen MR) is 56.0 cm³/mol. The van der Waals surface area contributed by atoms with Gasteiger partial charge in [0.1, 0.15) is 6.04 Å². The Balaban J connectivity index is 4.11. The second kappa shape index (κ2) is 8.34. The summed E-state index contributed by atoms with van der Waals surface area (Å²) in [4.78, 5) is 37.1. The van der Waals surface area contributed by atoms with Crippen molar-refractivity contribution in [2.45, 2.75) is 25.8 Å². The summed E-state index contributed by atoms with van der Waals surface area (Å²) >= 11 is 0. The molecule has 1 atom stereocenters. The first-order valence-corrected chi connectivity index (χ1v) is 4.99. The maximum Gasteiger partial charge on any atom is 0.407 e. The number of hydrogen-bond acceptors (Lipinski definition) is 5. The van der Waals surface area contributed by atoms with Gasteiger partial charge in [-0.25, -0.2) is 15.1 Å². The first-order chi connectivity index (χ1) is 8.01. The standard InChI is InChI=1S/C9H16N2O6/c1-3-17-9(15)10-6(8(13)14)4-5-7(12)11-16-2/h6H,3-5H2,1-2H3,(H,10,15)(H,11,12)(H,13,14). The van der Waals surface area contributed by atoms with Gasteiger partial charge in [0.25, 0.3) is 0 Å². The Kier molecular flexibility index (Phi) is 7.44. The number of ether oxygens (including phenoxy) is 1. The summed E-state index contributed by atoms with van der Waals surface area (Å²) in [7, 11) is 1.27. The normalized spacial score (nSPS) is 11.4. The lowest BCUT2D eigenvalue weighted by Gasteiger charge is -2.13. The minimum atomic E-state index is -1.23. The third kappa shape index (κ3) is 7.12. The summed E-state index contributed by atoms with van der Waals surface area (Å²) in [5.41, 5.74) is 2.04. The van der Waals surface area contributed by atoms with E-state index in [2.05, 4.69) is 14.9 Å².